The molecule has 2 aliphatic heterocycles. The van der Waals surface area contributed by atoms with Crippen molar-refractivity contribution in [1.82, 2.24) is 0 Å². The fourth-order valence-electron chi connectivity index (χ4n) is 4.31. The molecule has 200 valence electrons. The Morgan fingerprint density at radius 2 is 0.850 bits per heavy atom. The number of anilines is 2. The number of ketones is 2. The van der Waals surface area contributed by atoms with Gasteiger partial charge in [0.25, 0.3) is 0 Å². The lowest BCUT2D eigenvalue weighted by atomic mass is 10.1. The van der Waals surface area contributed by atoms with Gasteiger partial charge in [0.15, 0.2) is 0 Å². The lowest BCUT2D eigenvalue weighted by molar-refractivity contribution is 0.103. The smallest absolute Gasteiger partial charge is 0.200 e. The topological polar surface area (TPSA) is 40.6 Å². The van der Waals surface area contributed by atoms with Crippen molar-refractivity contribution in [3.05, 3.63) is 129 Å². The van der Waals surface area contributed by atoms with Gasteiger partial charge in [-0.1, -0.05) is 72.1 Å². The van der Waals surface area contributed by atoms with E-state index in [-0.39, 0.29) is 11.6 Å². The largest absolute Gasteiger partial charge is 0.378 e. The average Bonchev–Trinajstić information content (AvgIpc) is 3.45. The second kappa shape index (κ2) is 12.0. The minimum absolute atomic E-state index is 0.127. The van der Waals surface area contributed by atoms with Crippen molar-refractivity contribution in [2.45, 2.75) is 9.79 Å². The van der Waals surface area contributed by atoms with Crippen LogP contribution in [0.15, 0.2) is 117 Å². The highest BCUT2D eigenvalue weighted by Gasteiger charge is 2.26. The first-order valence-corrected chi connectivity index (χ1v) is 14.5. The minimum atomic E-state index is 0.127. The van der Waals surface area contributed by atoms with Crippen molar-refractivity contribution in [3.63, 3.8) is 0 Å². The van der Waals surface area contributed by atoms with Gasteiger partial charge in [0, 0.05) is 60.5 Å². The third kappa shape index (κ3) is 6.09. The van der Waals surface area contributed by atoms with Crippen LogP contribution in [-0.2, 0) is 0 Å². The number of benzene rings is 4. The highest BCUT2D eigenvalue weighted by Crippen LogP contribution is 2.41. The zero-order valence-corrected chi connectivity index (χ0v) is 24.6. The SMILES string of the molecule is CN(C)c1ccc(/C=C2\Sc3ccccc3C2=O)cc1.CN(C)c1ccc(/C=C2\Sc3ccccc3C2=O)cc1. The van der Waals surface area contributed by atoms with E-state index in [0.717, 1.165) is 53.2 Å². The number of carbonyl (C=O) groups excluding carboxylic acids is 2. The molecule has 0 aliphatic carbocycles. The van der Waals surface area contributed by atoms with Gasteiger partial charge < -0.3 is 9.80 Å². The standard InChI is InChI=1S/2C17H15NOS/c2*1-18(2)13-9-7-12(8-10-13)11-16-17(19)14-5-3-4-6-15(14)20-16/h2*3-11H,1-2H3/b2*16-11-. The van der Waals surface area contributed by atoms with Crippen LogP contribution in [-0.4, -0.2) is 39.8 Å². The highest BCUT2D eigenvalue weighted by atomic mass is 32.2. The molecule has 0 atom stereocenters. The molecule has 0 saturated carbocycles. The van der Waals surface area contributed by atoms with E-state index in [1.54, 1.807) is 23.5 Å². The molecule has 4 aromatic rings. The summed E-state index contributed by atoms with van der Waals surface area (Å²) >= 11 is 3.10. The van der Waals surface area contributed by atoms with Gasteiger partial charge in [-0.25, -0.2) is 0 Å². The molecular formula is C34H30N2O2S2. The molecule has 0 spiro atoms. The van der Waals surface area contributed by atoms with Gasteiger partial charge in [-0.2, -0.15) is 0 Å². The van der Waals surface area contributed by atoms with Crippen LogP contribution in [0.3, 0.4) is 0 Å². The van der Waals surface area contributed by atoms with Crippen LogP contribution < -0.4 is 9.80 Å². The zero-order chi connectivity index (χ0) is 28.2. The third-order valence-corrected chi connectivity index (χ3v) is 8.76. The second-order valence-electron chi connectivity index (χ2n) is 9.84. The second-order valence-corrected chi connectivity index (χ2v) is 12.0. The number of rotatable bonds is 4. The molecule has 0 fully saturated rings. The zero-order valence-electron chi connectivity index (χ0n) is 22.9. The summed E-state index contributed by atoms with van der Waals surface area (Å²) < 4.78 is 0. The van der Waals surface area contributed by atoms with Gasteiger partial charge >= 0.3 is 0 Å². The molecule has 0 radical (unpaired) electrons. The predicted octanol–water partition coefficient (Wildman–Crippen LogP) is 8.16. The van der Waals surface area contributed by atoms with E-state index in [1.165, 1.54) is 0 Å². The Bertz CT molecular complexity index is 1500. The molecule has 0 bridgehead atoms. The van der Waals surface area contributed by atoms with Crippen LogP contribution in [0.1, 0.15) is 31.8 Å². The molecule has 2 aliphatic rings. The normalized spacial score (nSPS) is 15.5. The molecule has 6 rings (SSSR count). The minimum Gasteiger partial charge on any atom is -0.378 e. The summed E-state index contributed by atoms with van der Waals surface area (Å²) in [5.41, 5.74) is 6.04. The highest BCUT2D eigenvalue weighted by molar-refractivity contribution is 8.05. The monoisotopic (exact) mass is 562 g/mol. The van der Waals surface area contributed by atoms with E-state index in [2.05, 4.69) is 34.1 Å². The summed E-state index contributed by atoms with van der Waals surface area (Å²) in [6.07, 6.45) is 3.93. The molecule has 4 aromatic carbocycles. The maximum atomic E-state index is 12.3. The van der Waals surface area contributed by atoms with Crippen molar-refractivity contribution in [2.24, 2.45) is 0 Å². The number of carbonyl (C=O) groups is 2. The first kappa shape index (κ1) is 27.6. The summed E-state index contributed by atoms with van der Waals surface area (Å²) in [7, 11) is 8.06. The number of hydrogen-bond acceptors (Lipinski definition) is 6. The number of hydrogen-bond donors (Lipinski definition) is 0. The first-order valence-electron chi connectivity index (χ1n) is 12.9. The number of allylic oxidation sites excluding steroid dienone is 2. The van der Waals surface area contributed by atoms with Gasteiger partial charge in [0.2, 0.25) is 11.6 Å². The molecule has 40 heavy (non-hydrogen) atoms. The van der Waals surface area contributed by atoms with Crippen LogP contribution in [0, 0.1) is 0 Å². The molecular weight excluding hydrogens is 533 g/mol. The van der Waals surface area contributed by atoms with Gasteiger partial charge in [-0.3, -0.25) is 9.59 Å². The van der Waals surface area contributed by atoms with E-state index in [9.17, 15) is 9.59 Å². The molecule has 2 heterocycles. The number of thioether (sulfide) groups is 2. The quantitative estimate of drug-likeness (QED) is 0.234. The molecule has 0 amide bonds. The fourth-order valence-corrected chi connectivity index (χ4v) is 6.42. The predicted molar refractivity (Wildman–Crippen MR) is 171 cm³/mol. The molecule has 6 heteroatoms. The van der Waals surface area contributed by atoms with Crippen molar-refractivity contribution < 1.29 is 9.59 Å². The first-order chi connectivity index (χ1) is 19.3. The van der Waals surface area contributed by atoms with Crippen LogP contribution in [0.4, 0.5) is 11.4 Å². The summed E-state index contributed by atoms with van der Waals surface area (Å²) in [5.74, 6) is 0.254. The Balaban J connectivity index is 0.000000161. The van der Waals surface area contributed by atoms with Crippen LogP contribution in [0.5, 0.6) is 0 Å². The van der Waals surface area contributed by atoms with Gasteiger partial charge in [0.1, 0.15) is 0 Å². The summed E-state index contributed by atoms with van der Waals surface area (Å²) in [6.45, 7) is 0. The summed E-state index contributed by atoms with van der Waals surface area (Å²) in [4.78, 5) is 32.4. The lowest BCUT2D eigenvalue weighted by Gasteiger charge is -2.11. The van der Waals surface area contributed by atoms with Gasteiger partial charge in [0.05, 0.1) is 9.81 Å². The van der Waals surface area contributed by atoms with Crippen molar-refractivity contribution >= 4 is 58.6 Å². The van der Waals surface area contributed by atoms with Crippen molar-refractivity contribution in [3.8, 4) is 0 Å². The van der Waals surface area contributed by atoms with Crippen LogP contribution >= 0.6 is 23.5 Å². The fraction of sp³-hybridized carbons (Fsp3) is 0.118. The van der Waals surface area contributed by atoms with Gasteiger partial charge in [-0.15, -0.1) is 0 Å². The maximum Gasteiger partial charge on any atom is 0.200 e. The van der Waals surface area contributed by atoms with Gasteiger partial charge in [-0.05, 0) is 71.8 Å². The van der Waals surface area contributed by atoms with E-state index in [4.69, 9.17) is 0 Å². The molecule has 0 saturated heterocycles. The molecule has 0 unspecified atom stereocenters. The maximum absolute atomic E-state index is 12.3. The van der Waals surface area contributed by atoms with Crippen LogP contribution in [0.2, 0.25) is 0 Å². The Morgan fingerprint density at radius 3 is 1.18 bits per heavy atom. The van der Waals surface area contributed by atoms with E-state index >= 15 is 0 Å². The summed E-state index contributed by atoms with van der Waals surface area (Å²) in [6, 6.07) is 31.9. The Labute approximate surface area is 244 Å². The third-order valence-electron chi connectivity index (χ3n) is 6.57. The number of fused-ring (bicyclic) bond motifs is 2. The Hall–Kier alpha value is -4.00. The molecule has 0 aromatic heterocycles. The van der Waals surface area contributed by atoms with E-state index in [0.29, 0.717) is 0 Å². The van der Waals surface area contributed by atoms with Crippen molar-refractivity contribution in [2.75, 3.05) is 38.0 Å². The molecule has 0 N–H and O–H groups in total. The van der Waals surface area contributed by atoms with E-state index in [1.807, 2.05) is 113 Å². The number of Topliss-reactive ketones (excluding diaryl/α,β-unsaturated/α-hetero) is 2. The summed E-state index contributed by atoms with van der Waals surface area (Å²) in [5, 5.41) is 0. The van der Waals surface area contributed by atoms with Crippen molar-refractivity contribution in [1.29, 1.82) is 0 Å². The molecule has 4 nitrogen and oxygen atoms in total. The number of nitrogens with zero attached hydrogens (tertiary/aromatic N) is 2. The Morgan fingerprint density at radius 1 is 0.500 bits per heavy atom. The average molecular weight is 563 g/mol. The van der Waals surface area contributed by atoms with E-state index < -0.39 is 0 Å². The Kier molecular flexibility index (Phi) is 8.29. The van der Waals surface area contributed by atoms with Crippen LogP contribution in [0.25, 0.3) is 12.2 Å². The lowest BCUT2D eigenvalue weighted by Crippen LogP contribution is -2.07.